The van der Waals surface area contributed by atoms with E-state index in [0.717, 1.165) is 11.1 Å². The standard InChI is InChI=1S/C23H26O4/c1-21(2,3)27-20(24)22-14-9-15-23(22,25)26-18-13-8-7-12-17(18)19(22)16-10-5-4-6-11-16/h4-8,10-13,19,25H,9,14-15H2,1-3H3/t19-,22-,23-/m0/s1. The number of esters is 1. The second-order valence-electron chi connectivity index (χ2n) is 8.59. The van der Waals surface area contributed by atoms with Gasteiger partial charge in [0.05, 0.1) is 0 Å². The first-order valence-electron chi connectivity index (χ1n) is 9.56. The fraction of sp³-hybridized carbons (Fsp3) is 0.435. The van der Waals surface area contributed by atoms with Gasteiger partial charge in [0.2, 0.25) is 5.79 Å². The molecule has 4 heteroatoms. The van der Waals surface area contributed by atoms with Crippen molar-refractivity contribution in [1.82, 2.24) is 0 Å². The highest BCUT2D eigenvalue weighted by atomic mass is 16.6. The Balaban J connectivity index is 1.96. The smallest absolute Gasteiger partial charge is 0.320 e. The summed E-state index contributed by atoms with van der Waals surface area (Å²) >= 11 is 0. The molecule has 1 saturated carbocycles. The van der Waals surface area contributed by atoms with Crippen molar-refractivity contribution in [2.24, 2.45) is 5.41 Å². The van der Waals surface area contributed by atoms with Gasteiger partial charge in [-0.1, -0.05) is 48.5 Å². The second kappa shape index (κ2) is 6.10. The summed E-state index contributed by atoms with van der Waals surface area (Å²) in [4.78, 5) is 13.6. The molecule has 0 unspecified atom stereocenters. The van der Waals surface area contributed by atoms with Crippen molar-refractivity contribution in [3.63, 3.8) is 0 Å². The molecule has 2 aromatic rings. The van der Waals surface area contributed by atoms with Gasteiger partial charge >= 0.3 is 5.97 Å². The SMILES string of the molecule is CC(C)(C)OC(=O)[C@@]12CCC[C@]1(O)Oc1ccccc1[C@@H]2c1ccccc1. The van der Waals surface area contributed by atoms with Crippen molar-refractivity contribution in [3.8, 4) is 5.75 Å². The predicted octanol–water partition coefficient (Wildman–Crippen LogP) is 4.41. The minimum Gasteiger partial charge on any atom is -0.461 e. The number of hydrogen-bond acceptors (Lipinski definition) is 4. The number of carbonyl (C=O) groups is 1. The molecule has 1 N–H and O–H groups in total. The first kappa shape index (κ1) is 18.1. The molecule has 2 aromatic carbocycles. The molecule has 0 saturated heterocycles. The number of benzene rings is 2. The molecule has 27 heavy (non-hydrogen) atoms. The molecule has 1 aliphatic carbocycles. The van der Waals surface area contributed by atoms with Crippen LogP contribution in [0.25, 0.3) is 0 Å². The molecule has 4 rings (SSSR count). The van der Waals surface area contributed by atoms with Crippen LogP contribution >= 0.6 is 0 Å². The summed E-state index contributed by atoms with van der Waals surface area (Å²) in [5.74, 6) is -1.66. The molecule has 0 radical (unpaired) electrons. The number of fused-ring (bicyclic) bond motifs is 2. The van der Waals surface area contributed by atoms with Crippen molar-refractivity contribution < 1.29 is 19.4 Å². The Labute approximate surface area is 160 Å². The maximum absolute atomic E-state index is 13.6. The van der Waals surface area contributed by atoms with Crippen LogP contribution < -0.4 is 4.74 Å². The fourth-order valence-corrected chi connectivity index (χ4v) is 4.65. The Morgan fingerprint density at radius 3 is 2.44 bits per heavy atom. The third-order valence-electron chi connectivity index (χ3n) is 5.68. The highest BCUT2D eigenvalue weighted by molar-refractivity contribution is 5.82. The molecule has 4 nitrogen and oxygen atoms in total. The van der Waals surface area contributed by atoms with Crippen LogP contribution in [0.3, 0.4) is 0 Å². The lowest BCUT2D eigenvalue weighted by atomic mass is 9.63. The van der Waals surface area contributed by atoms with Crippen molar-refractivity contribution in [3.05, 3.63) is 65.7 Å². The molecule has 3 atom stereocenters. The van der Waals surface area contributed by atoms with Crippen LogP contribution in [-0.4, -0.2) is 22.5 Å². The second-order valence-corrected chi connectivity index (χ2v) is 8.59. The highest BCUT2D eigenvalue weighted by Crippen LogP contribution is 2.62. The number of rotatable bonds is 2. The zero-order chi connectivity index (χ0) is 19.3. The van der Waals surface area contributed by atoms with Gasteiger partial charge in [0.25, 0.3) is 0 Å². The van der Waals surface area contributed by atoms with Gasteiger partial charge in [-0.25, -0.2) is 0 Å². The Bertz CT molecular complexity index is 854. The zero-order valence-electron chi connectivity index (χ0n) is 16.1. The van der Waals surface area contributed by atoms with E-state index in [0.29, 0.717) is 25.0 Å². The van der Waals surface area contributed by atoms with Crippen LogP contribution in [-0.2, 0) is 9.53 Å². The molecule has 0 spiro atoms. The van der Waals surface area contributed by atoms with Gasteiger partial charge in [0.1, 0.15) is 16.8 Å². The van der Waals surface area contributed by atoms with Gasteiger partial charge in [-0.3, -0.25) is 4.79 Å². The Morgan fingerprint density at radius 2 is 1.74 bits per heavy atom. The van der Waals surface area contributed by atoms with E-state index >= 15 is 0 Å². The fourth-order valence-electron chi connectivity index (χ4n) is 4.65. The highest BCUT2D eigenvalue weighted by Gasteiger charge is 2.69. The maximum Gasteiger partial charge on any atom is 0.320 e. The monoisotopic (exact) mass is 366 g/mol. The zero-order valence-corrected chi connectivity index (χ0v) is 16.1. The normalized spacial score (nSPS) is 29.4. The number of ether oxygens (including phenoxy) is 2. The summed E-state index contributed by atoms with van der Waals surface area (Å²) in [6.07, 6.45) is 1.63. The third-order valence-corrected chi connectivity index (χ3v) is 5.68. The molecular weight excluding hydrogens is 340 g/mol. The van der Waals surface area contributed by atoms with Crippen molar-refractivity contribution in [2.75, 3.05) is 0 Å². The van der Waals surface area contributed by atoms with Crippen LogP contribution in [0.5, 0.6) is 5.75 Å². The average Bonchev–Trinajstić information content (AvgIpc) is 2.96. The summed E-state index contributed by atoms with van der Waals surface area (Å²) in [5, 5.41) is 11.6. The van der Waals surface area contributed by atoms with E-state index in [-0.39, 0.29) is 5.92 Å². The lowest BCUT2D eigenvalue weighted by Gasteiger charge is -2.50. The van der Waals surface area contributed by atoms with E-state index in [1.54, 1.807) is 0 Å². The lowest BCUT2D eigenvalue weighted by molar-refractivity contribution is -0.237. The first-order valence-corrected chi connectivity index (χ1v) is 9.56. The number of para-hydroxylation sites is 1. The van der Waals surface area contributed by atoms with Crippen LogP contribution in [0.2, 0.25) is 0 Å². The molecule has 0 aromatic heterocycles. The molecule has 1 aliphatic heterocycles. The van der Waals surface area contributed by atoms with Crippen molar-refractivity contribution >= 4 is 5.97 Å². The predicted molar refractivity (Wildman–Crippen MR) is 102 cm³/mol. The third kappa shape index (κ3) is 2.74. The minimum absolute atomic E-state index is 0.328. The maximum atomic E-state index is 13.6. The van der Waals surface area contributed by atoms with Crippen molar-refractivity contribution in [2.45, 2.75) is 57.3 Å². The number of aliphatic hydroxyl groups is 1. The molecule has 0 amide bonds. The molecular formula is C23H26O4. The Hall–Kier alpha value is -2.33. The van der Waals surface area contributed by atoms with Crippen molar-refractivity contribution in [1.29, 1.82) is 0 Å². The number of carbonyl (C=O) groups excluding carboxylic acids is 1. The minimum atomic E-state index is -1.58. The molecule has 1 heterocycles. The van der Waals surface area contributed by atoms with Crippen LogP contribution in [0.15, 0.2) is 54.6 Å². The quantitative estimate of drug-likeness (QED) is 0.800. The summed E-state index contributed by atoms with van der Waals surface area (Å²) in [5.41, 5.74) is 0.0874. The van der Waals surface area contributed by atoms with E-state index in [9.17, 15) is 9.90 Å². The van der Waals surface area contributed by atoms with Crippen LogP contribution in [0.4, 0.5) is 0 Å². The van der Waals surface area contributed by atoms with Gasteiger partial charge in [0, 0.05) is 17.9 Å². The topological polar surface area (TPSA) is 55.8 Å². The van der Waals surface area contributed by atoms with E-state index < -0.39 is 22.8 Å². The molecule has 2 aliphatic rings. The Morgan fingerprint density at radius 1 is 1.07 bits per heavy atom. The molecule has 0 bridgehead atoms. The van der Waals surface area contributed by atoms with E-state index in [2.05, 4.69) is 0 Å². The van der Waals surface area contributed by atoms with Crippen LogP contribution in [0.1, 0.15) is 57.1 Å². The van der Waals surface area contributed by atoms with E-state index in [1.807, 2.05) is 75.4 Å². The average molecular weight is 366 g/mol. The summed E-state index contributed by atoms with van der Waals surface area (Å²) in [7, 11) is 0. The molecule has 142 valence electrons. The van der Waals surface area contributed by atoms with Gasteiger partial charge in [-0.2, -0.15) is 0 Å². The van der Waals surface area contributed by atoms with Gasteiger partial charge in [-0.05, 0) is 45.2 Å². The largest absolute Gasteiger partial charge is 0.461 e. The van der Waals surface area contributed by atoms with Crippen LogP contribution in [0, 0.1) is 5.41 Å². The summed E-state index contributed by atoms with van der Waals surface area (Å²) in [6, 6.07) is 17.6. The van der Waals surface area contributed by atoms with Gasteiger partial charge in [-0.15, -0.1) is 0 Å². The molecule has 1 fully saturated rings. The summed E-state index contributed by atoms with van der Waals surface area (Å²) < 4.78 is 11.9. The van der Waals surface area contributed by atoms with Gasteiger partial charge in [0.15, 0.2) is 0 Å². The van der Waals surface area contributed by atoms with E-state index in [4.69, 9.17) is 9.47 Å². The van der Waals surface area contributed by atoms with E-state index in [1.165, 1.54) is 0 Å². The Kier molecular flexibility index (Phi) is 4.08. The summed E-state index contributed by atoms with van der Waals surface area (Å²) in [6.45, 7) is 5.56. The van der Waals surface area contributed by atoms with Gasteiger partial charge < -0.3 is 14.6 Å². The number of hydrogen-bond donors (Lipinski definition) is 1. The lowest BCUT2D eigenvalue weighted by Crippen LogP contribution is -2.60. The first-order chi connectivity index (χ1) is 12.8.